The lowest BCUT2D eigenvalue weighted by atomic mass is 9.94. The first kappa shape index (κ1) is 17.1. The van der Waals surface area contributed by atoms with E-state index in [4.69, 9.17) is 33.8 Å². The summed E-state index contributed by atoms with van der Waals surface area (Å²) in [6.07, 6.45) is -1.84. The highest BCUT2D eigenvalue weighted by atomic mass is 16.9. The standard InChI is InChI=1S/C14H23BN2O6/c1-13(2)20-9-8(6-17(18-5)15-7-16)19-12-11(10(9)21-13)22-14(3,4)23-12/h8-12,17H,6H2,1-5H3/t8-,9+,10+,11-,12-/m1/s1. The van der Waals surface area contributed by atoms with Crippen LogP contribution in [-0.2, 0) is 28.5 Å². The van der Waals surface area contributed by atoms with Crippen LogP contribution in [0.2, 0.25) is 0 Å². The van der Waals surface area contributed by atoms with Crippen molar-refractivity contribution in [2.45, 2.75) is 70.0 Å². The van der Waals surface area contributed by atoms with Crippen LogP contribution < -0.4 is 4.97 Å². The molecule has 23 heavy (non-hydrogen) atoms. The molecule has 128 valence electrons. The summed E-state index contributed by atoms with van der Waals surface area (Å²) in [4.78, 5) is 5.77. The van der Waals surface area contributed by atoms with E-state index in [-0.39, 0.29) is 24.4 Å². The minimum absolute atomic E-state index is 0.296. The Morgan fingerprint density at radius 1 is 1.04 bits per heavy atom. The van der Waals surface area contributed by atoms with E-state index >= 15 is 0 Å². The van der Waals surface area contributed by atoms with Crippen molar-refractivity contribution in [3.05, 3.63) is 0 Å². The number of hydrogen-bond donors (Lipinski definition) is 1. The highest BCUT2D eigenvalue weighted by Gasteiger charge is 2.61. The van der Waals surface area contributed by atoms with Crippen LogP contribution in [0, 0.1) is 11.2 Å². The van der Waals surface area contributed by atoms with E-state index in [1.165, 1.54) is 14.5 Å². The second-order valence-electron chi connectivity index (χ2n) is 6.86. The van der Waals surface area contributed by atoms with Gasteiger partial charge in [-0.1, -0.05) is 0 Å². The Labute approximate surface area is 136 Å². The van der Waals surface area contributed by atoms with Crippen LogP contribution in [0.25, 0.3) is 0 Å². The van der Waals surface area contributed by atoms with E-state index in [1.54, 1.807) is 0 Å². The maximum Gasteiger partial charge on any atom is 0.190 e. The van der Waals surface area contributed by atoms with Gasteiger partial charge in [0.1, 0.15) is 24.4 Å². The van der Waals surface area contributed by atoms with Gasteiger partial charge in [0, 0.05) is 0 Å². The van der Waals surface area contributed by atoms with Crippen LogP contribution in [0.15, 0.2) is 0 Å². The number of nitriles is 1. The molecule has 3 heterocycles. The van der Waals surface area contributed by atoms with Gasteiger partial charge in [-0.2, -0.15) is 0 Å². The van der Waals surface area contributed by atoms with Gasteiger partial charge >= 0.3 is 0 Å². The Bertz CT molecular complexity index is 496. The van der Waals surface area contributed by atoms with Crippen LogP contribution in [-0.4, -0.2) is 63.3 Å². The molecule has 0 aromatic rings. The van der Waals surface area contributed by atoms with Gasteiger partial charge < -0.3 is 28.7 Å². The van der Waals surface area contributed by atoms with Crippen LogP contribution in [0.5, 0.6) is 0 Å². The fraction of sp³-hybridized carbons (Fsp3) is 0.929. The zero-order valence-electron chi connectivity index (χ0n) is 14.1. The van der Waals surface area contributed by atoms with Crippen molar-refractivity contribution in [1.29, 1.82) is 5.26 Å². The van der Waals surface area contributed by atoms with Gasteiger partial charge in [-0.15, -0.1) is 5.97 Å². The second-order valence-corrected chi connectivity index (χ2v) is 6.86. The van der Waals surface area contributed by atoms with Crippen molar-refractivity contribution < 1.29 is 33.5 Å². The summed E-state index contributed by atoms with van der Waals surface area (Å²) in [5.41, 5.74) is 0. The maximum absolute atomic E-state index is 8.84. The zero-order valence-corrected chi connectivity index (χ0v) is 14.1. The number of quaternary nitrogens is 1. The Balaban J connectivity index is 1.80. The number of fused-ring (bicyclic) bond motifs is 3. The molecule has 3 aliphatic rings. The predicted molar refractivity (Wildman–Crippen MR) is 76.7 cm³/mol. The molecule has 0 amide bonds. The molecular formula is C14H23BN2O6. The maximum atomic E-state index is 8.84. The molecule has 0 saturated carbocycles. The molecule has 6 atom stereocenters. The summed E-state index contributed by atoms with van der Waals surface area (Å²) in [7, 11) is 2.89. The third kappa shape index (κ3) is 3.39. The topological polar surface area (TPSA) is 83.6 Å². The number of nitrogens with one attached hydrogen (secondary N) is 1. The number of ether oxygens (including phenoxy) is 5. The summed E-state index contributed by atoms with van der Waals surface area (Å²) in [5.74, 6) is 0.506. The number of hydrogen-bond acceptors (Lipinski definition) is 7. The minimum Gasteiger partial charge on any atom is -0.402 e. The first-order valence-electron chi connectivity index (χ1n) is 7.74. The second kappa shape index (κ2) is 5.97. The summed E-state index contributed by atoms with van der Waals surface area (Å²) in [5, 5.41) is 8.84. The van der Waals surface area contributed by atoms with Crippen LogP contribution >= 0.6 is 0 Å². The first-order chi connectivity index (χ1) is 10.7. The Hall–Kier alpha value is -0.725. The molecule has 1 unspecified atom stereocenters. The lowest BCUT2D eigenvalue weighted by Gasteiger charge is -2.39. The minimum atomic E-state index is -0.739. The van der Waals surface area contributed by atoms with Gasteiger partial charge in [0.2, 0.25) is 0 Å². The largest absolute Gasteiger partial charge is 0.402 e. The van der Waals surface area contributed by atoms with Gasteiger partial charge in [-0.05, 0) is 27.7 Å². The molecule has 3 saturated heterocycles. The molecule has 3 fully saturated rings. The molecular weight excluding hydrogens is 303 g/mol. The van der Waals surface area contributed by atoms with E-state index in [0.717, 1.165) is 0 Å². The summed E-state index contributed by atoms with van der Waals surface area (Å²) in [6.45, 7) is 7.81. The lowest BCUT2D eigenvalue weighted by molar-refractivity contribution is -0.998. The SMILES string of the molecule is CO[NH+]([B-]C#N)C[C@H]1O[C@@H]2OC(C)(C)O[C@@H]2[C@H]2OC(C)(C)O[C@H]21. The first-order valence-corrected chi connectivity index (χ1v) is 7.74. The molecule has 9 heteroatoms. The van der Waals surface area contributed by atoms with E-state index in [0.29, 0.717) is 11.5 Å². The smallest absolute Gasteiger partial charge is 0.190 e. The lowest BCUT2D eigenvalue weighted by Crippen LogP contribution is -3.14. The highest BCUT2D eigenvalue weighted by molar-refractivity contribution is 6.35. The third-order valence-electron chi connectivity index (χ3n) is 4.14. The number of rotatable bonds is 4. The molecule has 0 aromatic heterocycles. The Kier molecular flexibility index (Phi) is 4.44. The Morgan fingerprint density at radius 2 is 1.65 bits per heavy atom. The van der Waals surface area contributed by atoms with Gasteiger partial charge in [-0.25, -0.2) is 5.26 Å². The molecule has 0 aromatic carbocycles. The van der Waals surface area contributed by atoms with Crippen LogP contribution in [0.3, 0.4) is 0 Å². The molecule has 0 bridgehead atoms. The average molecular weight is 326 g/mol. The quantitative estimate of drug-likeness (QED) is 0.520. The molecule has 3 rings (SSSR count). The molecule has 3 aliphatic heterocycles. The highest BCUT2D eigenvalue weighted by Crippen LogP contribution is 2.43. The van der Waals surface area contributed by atoms with Crippen LogP contribution in [0.1, 0.15) is 27.7 Å². The van der Waals surface area contributed by atoms with Crippen molar-refractivity contribution in [2.24, 2.45) is 0 Å². The Morgan fingerprint density at radius 3 is 2.30 bits per heavy atom. The van der Waals surface area contributed by atoms with E-state index in [1.807, 2.05) is 33.7 Å². The van der Waals surface area contributed by atoms with Gasteiger partial charge in [0.05, 0.1) is 13.7 Å². The summed E-state index contributed by atoms with van der Waals surface area (Å²) < 4.78 is 29.9. The average Bonchev–Trinajstić information content (AvgIpc) is 2.93. The van der Waals surface area contributed by atoms with Crippen molar-refractivity contribution in [2.75, 3.05) is 13.7 Å². The fourth-order valence-corrected chi connectivity index (χ4v) is 3.33. The monoisotopic (exact) mass is 326 g/mol. The fourth-order valence-electron chi connectivity index (χ4n) is 3.33. The van der Waals surface area contributed by atoms with Crippen molar-refractivity contribution in [1.82, 2.24) is 0 Å². The van der Waals surface area contributed by atoms with Gasteiger partial charge in [0.15, 0.2) is 25.3 Å². The van der Waals surface area contributed by atoms with E-state index < -0.39 is 17.9 Å². The van der Waals surface area contributed by atoms with Crippen molar-refractivity contribution in [3.63, 3.8) is 0 Å². The van der Waals surface area contributed by atoms with Gasteiger partial charge in [0.25, 0.3) is 0 Å². The van der Waals surface area contributed by atoms with Gasteiger partial charge in [-0.3, -0.25) is 4.84 Å². The normalized spacial score (nSPS) is 41.8. The van der Waals surface area contributed by atoms with Crippen molar-refractivity contribution in [3.8, 4) is 5.97 Å². The van der Waals surface area contributed by atoms with E-state index in [2.05, 4.69) is 0 Å². The molecule has 0 spiro atoms. The summed E-state index contributed by atoms with van der Waals surface area (Å²) in [6, 6.07) is 0. The predicted octanol–water partition coefficient (Wildman–Crippen LogP) is -1.07. The molecule has 2 radical (unpaired) electrons. The number of hydroxylamine groups is 1. The molecule has 8 nitrogen and oxygen atoms in total. The molecule has 1 N–H and O–H groups in total. The third-order valence-corrected chi connectivity index (χ3v) is 4.14. The zero-order chi connectivity index (χ0) is 16.8. The van der Waals surface area contributed by atoms with Crippen LogP contribution in [0.4, 0.5) is 0 Å². The molecule has 0 aliphatic carbocycles. The van der Waals surface area contributed by atoms with E-state index in [9.17, 15) is 0 Å². The number of nitrogens with zero attached hydrogens (tertiary/aromatic N) is 1. The van der Waals surface area contributed by atoms with Crippen molar-refractivity contribution >= 4 is 7.41 Å². The summed E-state index contributed by atoms with van der Waals surface area (Å²) >= 11 is 0.